The van der Waals surface area contributed by atoms with Crippen molar-refractivity contribution >= 4 is 5.96 Å². The topological polar surface area (TPSA) is 36.9 Å². The summed E-state index contributed by atoms with van der Waals surface area (Å²) in [7, 11) is 3.59. The predicted molar refractivity (Wildman–Crippen MR) is 83.2 cm³/mol. The van der Waals surface area contributed by atoms with Gasteiger partial charge in [-0.3, -0.25) is 4.99 Å². The zero-order valence-corrected chi connectivity index (χ0v) is 12.5. The maximum atomic E-state index is 5.06. The number of nitrogens with one attached hydrogen (secondary N) is 1. The van der Waals surface area contributed by atoms with Gasteiger partial charge in [0.25, 0.3) is 0 Å². The van der Waals surface area contributed by atoms with Crippen LogP contribution >= 0.6 is 0 Å². The van der Waals surface area contributed by atoms with E-state index in [9.17, 15) is 0 Å². The van der Waals surface area contributed by atoms with Gasteiger partial charge in [-0.2, -0.15) is 0 Å². The third-order valence-electron chi connectivity index (χ3n) is 3.78. The minimum Gasteiger partial charge on any atom is -0.385 e. The lowest BCUT2D eigenvalue weighted by Crippen LogP contribution is -2.40. The fraction of sp³-hybridized carbons (Fsp3) is 0.562. The standard InChI is InChI=1S/C16H25N3O/c1-17-16(18-10-6-12-20-2)19-11-9-15(13-19)14-7-4-3-5-8-14/h3-5,7-8,15H,6,9-13H2,1-2H3,(H,17,18). The summed E-state index contributed by atoms with van der Waals surface area (Å²) in [6.45, 7) is 3.82. The summed E-state index contributed by atoms with van der Waals surface area (Å²) < 4.78 is 5.06. The van der Waals surface area contributed by atoms with Gasteiger partial charge < -0.3 is 15.0 Å². The van der Waals surface area contributed by atoms with Crippen LogP contribution in [0.1, 0.15) is 24.3 Å². The summed E-state index contributed by atoms with van der Waals surface area (Å²) in [5.74, 6) is 1.63. The van der Waals surface area contributed by atoms with Crippen molar-refractivity contribution < 1.29 is 4.74 Å². The molecule has 4 heteroatoms. The van der Waals surface area contributed by atoms with Gasteiger partial charge in [0.1, 0.15) is 0 Å². The maximum absolute atomic E-state index is 5.06. The van der Waals surface area contributed by atoms with E-state index in [0.29, 0.717) is 5.92 Å². The van der Waals surface area contributed by atoms with Gasteiger partial charge in [0.15, 0.2) is 5.96 Å². The molecule has 0 saturated carbocycles. The van der Waals surface area contributed by atoms with E-state index in [-0.39, 0.29) is 0 Å². The SMILES string of the molecule is CN=C(NCCCOC)N1CCC(c2ccccc2)C1. The highest BCUT2D eigenvalue weighted by atomic mass is 16.5. The van der Waals surface area contributed by atoms with Crippen LogP contribution in [-0.4, -0.2) is 51.3 Å². The van der Waals surface area contributed by atoms with E-state index in [0.717, 1.165) is 38.6 Å². The molecule has 0 spiro atoms. The quantitative estimate of drug-likeness (QED) is 0.508. The van der Waals surface area contributed by atoms with Crippen LogP contribution in [0.2, 0.25) is 0 Å². The molecule has 2 rings (SSSR count). The Morgan fingerprint density at radius 3 is 2.90 bits per heavy atom. The molecule has 110 valence electrons. The molecular weight excluding hydrogens is 250 g/mol. The van der Waals surface area contributed by atoms with Gasteiger partial charge >= 0.3 is 0 Å². The molecule has 1 fully saturated rings. The van der Waals surface area contributed by atoms with Crippen molar-refractivity contribution in [2.24, 2.45) is 4.99 Å². The molecule has 0 aliphatic carbocycles. The van der Waals surface area contributed by atoms with Crippen molar-refractivity contribution in [3.8, 4) is 0 Å². The number of aliphatic imine (C=N–C) groups is 1. The number of hydrogen-bond donors (Lipinski definition) is 1. The van der Waals surface area contributed by atoms with Crippen molar-refractivity contribution in [2.75, 3.05) is 40.4 Å². The van der Waals surface area contributed by atoms with Gasteiger partial charge in [-0.25, -0.2) is 0 Å². The van der Waals surface area contributed by atoms with E-state index in [1.807, 2.05) is 7.05 Å². The van der Waals surface area contributed by atoms with E-state index in [4.69, 9.17) is 4.74 Å². The Balaban J connectivity index is 1.84. The summed E-state index contributed by atoms with van der Waals surface area (Å²) in [6.07, 6.45) is 2.20. The zero-order valence-electron chi connectivity index (χ0n) is 12.5. The van der Waals surface area contributed by atoms with Crippen molar-refractivity contribution in [3.63, 3.8) is 0 Å². The van der Waals surface area contributed by atoms with Crippen LogP contribution in [0.4, 0.5) is 0 Å². The first kappa shape index (κ1) is 14.9. The second-order valence-electron chi connectivity index (χ2n) is 5.16. The zero-order chi connectivity index (χ0) is 14.2. The van der Waals surface area contributed by atoms with Crippen molar-refractivity contribution in [3.05, 3.63) is 35.9 Å². The molecule has 0 amide bonds. The Morgan fingerprint density at radius 1 is 1.40 bits per heavy atom. The van der Waals surface area contributed by atoms with Crippen LogP contribution in [-0.2, 0) is 4.74 Å². The number of guanidine groups is 1. The average Bonchev–Trinajstić information content (AvgIpc) is 2.98. The van der Waals surface area contributed by atoms with Crippen LogP contribution in [0.25, 0.3) is 0 Å². The fourth-order valence-corrected chi connectivity index (χ4v) is 2.70. The van der Waals surface area contributed by atoms with Gasteiger partial charge in [-0.05, 0) is 18.4 Å². The Bertz CT molecular complexity index is 419. The lowest BCUT2D eigenvalue weighted by atomic mass is 9.99. The van der Waals surface area contributed by atoms with Crippen molar-refractivity contribution in [1.29, 1.82) is 0 Å². The number of rotatable bonds is 5. The monoisotopic (exact) mass is 275 g/mol. The van der Waals surface area contributed by atoms with E-state index in [1.165, 1.54) is 12.0 Å². The first-order valence-corrected chi connectivity index (χ1v) is 7.34. The fourth-order valence-electron chi connectivity index (χ4n) is 2.70. The molecule has 4 nitrogen and oxygen atoms in total. The summed E-state index contributed by atoms with van der Waals surface area (Å²) >= 11 is 0. The molecule has 20 heavy (non-hydrogen) atoms. The van der Waals surface area contributed by atoms with Gasteiger partial charge in [-0.1, -0.05) is 30.3 Å². The van der Waals surface area contributed by atoms with E-state index in [2.05, 4.69) is 45.5 Å². The molecule has 1 saturated heterocycles. The lowest BCUT2D eigenvalue weighted by molar-refractivity contribution is 0.195. The number of benzene rings is 1. The second-order valence-corrected chi connectivity index (χ2v) is 5.16. The smallest absolute Gasteiger partial charge is 0.193 e. The molecule has 1 N–H and O–H groups in total. The molecule has 1 unspecified atom stereocenters. The molecule has 1 atom stereocenters. The van der Waals surface area contributed by atoms with Gasteiger partial charge in [-0.15, -0.1) is 0 Å². The van der Waals surface area contributed by atoms with E-state index >= 15 is 0 Å². The van der Waals surface area contributed by atoms with Crippen molar-refractivity contribution in [2.45, 2.75) is 18.8 Å². The lowest BCUT2D eigenvalue weighted by Gasteiger charge is -2.21. The molecule has 1 aromatic carbocycles. The van der Waals surface area contributed by atoms with Crippen LogP contribution in [0, 0.1) is 0 Å². The molecule has 0 bridgehead atoms. The van der Waals surface area contributed by atoms with Crippen molar-refractivity contribution in [1.82, 2.24) is 10.2 Å². The third kappa shape index (κ3) is 3.97. The third-order valence-corrected chi connectivity index (χ3v) is 3.78. The summed E-state index contributed by atoms with van der Waals surface area (Å²) in [4.78, 5) is 6.74. The highest BCUT2D eigenvalue weighted by Crippen LogP contribution is 2.26. The molecule has 1 aromatic rings. The average molecular weight is 275 g/mol. The minimum atomic E-state index is 0.619. The highest BCUT2D eigenvalue weighted by Gasteiger charge is 2.25. The molecule has 1 aliphatic heterocycles. The van der Waals surface area contributed by atoms with Crippen LogP contribution < -0.4 is 5.32 Å². The van der Waals surface area contributed by atoms with Crippen LogP contribution in [0.5, 0.6) is 0 Å². The van der Waals surface area contributed by atoms with E-state index < -0.39 is 0 Å². The Hall–Kier alpha value is -1.55. The maximum Gasteiger partial charge on any atom is 0.193 e. The second kappa shape index (κ2) is 7.90. The van der Waals surface area contributed by atoms with Crippen LogP contribution in [0.3, 0.4) is 0 Å². The Kier molecular flexibility index (Phi) is 5.87. The number of likely N-dealkylation sites (tertiary alicyclic amines) is 1. The molecule has 1 heterocycles. The number of methoxy groups -OCH3 is 1. The predicted octanol–water partition coefficient (Wildman–Crippen LogP) is 2.09. The molecule has 0 radical (unpaired) electrons. The number of hydrogen-bond acceptors (Lipinski definition) is 2. The highest BCUT2D eigenvalue weighted by molar-refractivity contribution is 5.80. The number of nitrogens with zero attached hydrogens (tertiary/aromatic N) is 2. The normalized spacial score (nSPS) is 19.4. The Labute approximate surface area is 121 Å². The summed E-state index contributed by atoms with van der Waals surface area (Å²) in [6, 6.07) is 10.8. The van der Waals surface area contributed by atoms with Gasteiger partial charge in [0.05, 0.1) is 0 Å². The minimum absolute atomic E-state index is 0.619. The molecule has 0 aromatic heterocycles. The Morgan fingerprint density at radius 2 is 2.20 bits per heavy atom. The molecule has 1 aliphatic rings. The van der Waals surface area contributed by atoms with E-state index in [1.54, 1.807) is 7.11 Å². The first-order chi connectivity index (χ1) is 9.85. The first-order valence-electron chi connectivity index (χ1n) is 7.34. The largest absolute Gasteiger partial charge is 0.385 e. The summed E-state index contributed by atoms with van der Waals surface area (Å²) in [5.41, 5.74) is 1.44. The van der Waals surface area contributed by atoms with Gasteiger partial charge in [0, 0.05) is 46.3 Å². The number of ether oxygens (including phenoxy) is 1. The molecular formula is C16H25N3O. The van der Waals surface area contributed by atoms with Crippen LogP contribution in [0.15, 0.2) is 35.3 Å². The summed E-state index contributed by atoms with van der Waals surface area (Å²) in [5, 5.41) is 3.41. The van der Waals surface area contributed by atoms with Gasteiger partial charge in [0.2, 0.25) is 0 Å².